The van der Waals surface area contributed by atoms with Gasteiger partial charge < -0.3 is 33.8 Å². The molecular formula is C93H148O17P2. The van der Waals surface area contributed by atoms with Crippen LogP contribution >= 0.6 is 15.6 Å². The van der Waals surface area contributed by atoms with Gasteiger partial charge in [-0.2, -0.15) is 0 Å². The van der Waals surface area contributed by atoms with Crippen molar-refractivity contribution in [2.75, 3.05) is 39.6 Å². The number of phosphoric ester groups is 2. The van der Waals surface area contributed by atoms with Gasteiger partial charge in [-0.1, -0.05) is 305 Å². The lowest BCUT2D eigenvalue weighted by molar-refractivity contribution is -0.161. The largest absolute Gasteiger partial charge is 0.472 e. The number of ether oxygens (including phenoxy) is 4. The molecule has 5 atom stereocenters. The van der Waals surface area contributed by atoms with Crippen LogP contribution in [0.5, 0.6) is 0 Å². The SMILES string of the molecule is CC/C=C\C/C=C\C/C=C\C/C=C\C/C=C\C/C=C\CCC(=O)OC[C@H](COP(=O)(O)OC[C@@H](O)COP(=O)(O)OC[C@@H](COC(=O)CCCCC/C=C\C/C=C\C/C=C\C/C=C\C/C=C\CC)OC(=O)CCCCCCC/C=C\CCCCCCCC)OC(=O)CC/C=C\C/C=C\C/C=C\C/C=C\C/C=C\CCCCC. The first kappa shape index (κ1) is 106. The van der Waals surface area contributed by atoms with Crippen LogP contribution in [0.25, 0.3) is 0 Å². The number of hydrogen-bond acceptors (Lipinski definition) is 15. The van der Waals surface area contributed by atoms with Gasteiger partial charge in [-0.15, -0.1) is 0 Å². The minimum absolute atomic E-state index is 0.0116. The summed E-state index contributed by atoms with van der Waals surface area (Å²) in [4.78, 5) is 73.2. The standard InChI is InChI=1S/C93H148O17P2/c1-5-9-13-17-21-25-29-33-37-40-43-46-50-53-57-61-65-69-73-77-90(95)103-83-88(109-92(97)79-75-71-67-63-59-55-49-36-32-28-24-20-16-12-8-4)85-107-111(99,100)105-81-87(94)82-106-112(101,102)108-86-89(110-93(98)80-76-72-68-64-60-56-52-48-45-42-39-35-31-27-23-19-15-11-7-3)84-104-91(96)78-74-70-66-62-58-54-51-47-44-41-38-34-30-26-22-18-14-10-6-2/h9-10,13-14,21-23,25-27,33-39,43-49,53-54,56-58,60,66,68,70,72,87-89,94H,5-8,11-12,15-20,24,28-32,40-42,50-52,55,59,61-65,67,69,71,73-86H2,1-4H3,(H,99,100)(H,101,102)/b13-9-,14-10-,25-21-,26-22-,27-23-,37-33-,38-34-,39-35-,46-43-,47-44-,48-45-,49-36-,57-53-,58-54-,60-56-,70-66-,72-68-/t87-,88+,89+/m0/s1. The molecule has 0 saturated carbocycles. The highest BCUT2D eigenvalue weighted by atomic mass is 31.2. The van der Waals surface area contributed by atoms with E-state index in [1.165, 1.54) is 57.8 Å². The molecule has 632 valence electrons. The van der Waals surface area contributed by atoms with Crippen molar-refractivity contribution in [3.8, 4) is 0 Å². The second-order valence-electron chi connectivity index (χ2n) is 27.3. The van der Waals surface area contributed by atoms with Crippen molar-refractivity contribution in [1.82, 2.24) is 0 Å². The monoisotopic (exact) mass is 1600 g/mol. The predicted octanol–water partition coefficient (Wildman–Crippen LogP) is 25.4. The average molecular weight is 1600 g/mol. The van der Waals surface area contributed by atoms with E-state index in [9.17, 15) is 43.2 Å². The number of allylic oxidation sites excluding steroid dienone is 34. The van der Waals surface area contributed by atoms with E-state index in [2.05, 4.69) is 198 Å². The molecule has 0 saturated heterocycles. The molecule has 3 N–H and O–H groups in total. The van der Waals surface area contributed by atoms with E-state index in [1.54, 1.807) is 0 Å². The first-order valence-electron chi connectivity index (χ1n) is 42.3. The summed E-state index contributed by atoms with van der Waals surface area (Å²) in [6.45, 7) is 4.38. The van der Waals surface area contributed by atoms with E-state index in [1.807, 2.05) is 36.5 Å². The molecule has 0 aliphatic carbocycles. The fourth-order valence-electron chi connectivity index (χ4n) is 10.4. The van der Waals surface area contributed by atoms with Gasteiger partial charge in [0.15, 0.2) is 12.2 Å². The molecule has 0 aromatic heterocycles. The van der Waals surface area contributed by atoms with E-state index in [0.29, 0.717) is 38.5 Å². The maximum Gasteiger partial charge on any atom is 0.472 e. The van der Waals surface area contributed by atoms with E-state index < -0.39 is 97.5 Å². The lowest BCUT2D eigenvalue weighted by atomic mass is 10.1. The second-order valence-corrected chi connectivity index (χ2v) is 30.2. The molecule has 0 aromatic carbocycles. The lowest BCUT2D eigenvalue weighted by Gasteiger charge is -2.21. The molecule has 0 bridgehead atoms. The molecule has 112 heavy (non-hydrogen) atoms. The Morgan fingerprint density at radius 1 is 0.259 bits per heavy atom. The number of hydrogen-bond donors (Lipinski definition) is 3. The topological polar surface area (TPSA) is 237 Å². The van der Waals surface area contributed by atoms with Crippen LogP contribution in [0.4, 0.5) is 0 Å². The highest BCUT2D eigenvalue weighted by Crippen LogP contribution is 2.45. The zero-order valence-electron chi connectivity index (χ0n) is 69.3. The van der Waals surface area contributed by atoms with Crippen molar-refractivity contribution in [1.29, 1.82) is 0 Å². The molecule has 17 nitrogen and oxygen atoms in total. The average Bonchev–Trinajstić information content (AvgIpc) is 0.898. The number of rotatable bonds is 77. The number of carbonyl (C=O) groups excluding carboxylic acids is 4. The van der Waals surface area contributed by atoms with Crippen LogP contribution in [0.3, 0.4) is 0 Å². The Bertz CT molecular complexity index is 2940. The van der Waals surface area contributed by atoms with Gasteiger partial charge in [0.1, 0.15) is 19.3 Å². The third-order valence-electron chi connectivity index (χ3n) is 16.7. The molecule has 0 rings (SSSR count). The Labute approximate surface area is 678 Å². The molecule has 0 aromatic rings. The van der Waals surface area contributed by atoms with Gasteiger partial charge in [0.2, 0.25) is 0 Å². The van der Waals surface area contributed by atoms with E-state index >= 15 is 0 Å². The summed E-state index contributed by atoms with van der Waals surface area (Å²) in [5.41, 5.74) is 0. The lowest BCUT2D eigenvalue weighted by Crippen LogP contribution is -2.30. The Morgan fingerprint density at radius 3 is 0.821 bits per heavy atom. The molecule has 0 fully saturated rings. The van der Waals surface area contributed by atoms with Crippen molar-refractivity contribution in [2.45, 2.75) is 316 Å². The number of aliphatic hydroxyl groups excluding tert-OH is 1. The Hall–Kier alpha value is -6.36. The normalized spacial score (nSPS) is 14.8. The molecule has 0 aliphatic rings. The first-order valence-corrected chi connectivity index (χ1v) is 45.3. The van der Waals surface area contributed by atoms with Crippen LogP contribution in [0.1, 0.15) is 297 Å². The summed E-state index contributed by atoms with van der Waals surface area (Å²) in [7, 11) is -10.0. The van der Waals surface area contributed by atoms with Crippen molar-refractivity contribution in [3.63, 3.8) is 0 Å². The molecule has 0 heterocycles. The quantitative estimate of drug-likeness (QED) is 0.0169. The van der Waals surface area contributed by atoms with Crippen LogP contribution in [0.15, 0.2) is 207 Å². The molecular weight excluding hydrogens is 1450 g/mol. The van der Waals surface area contributed by atoms with Gasteiger partial charge in [-0.3, -0.25) is 37.3 Å². The zero-order valence-corrected chi connectivity index (χ0v) is 71.0. The minimum Gasteiger partial charge on any atom is -0.462 e. The minimum atomic E-state index is -5.03. The third-order valence-corrected chi connectivity index (χ3v) is 18.6. The molecule has 0 spiro atoms. The second kappa shape index (κ2) is 82.6. The van der Waals surface area contributed by atoms with Gasteiger partial charge >= 0.3 is 39.5 Å². The van der Waals surface area contributed by atoms with Gasteiger partial charge in [-0.05, 0) is 173 Å². The van der Waals surface area contributed by atoms with Gasteiger partial charge in [0.25, 0.3) is 0 Å². The van der Waals surface area contributed by atoms with Crippen LogP contribution in [0.2, 0.25) is 0 Å². The number of aliphatic hydroxyl groups is 1. The van der Waals surface area contributed by atoms with Crippen LogP contribution in [-0.4, -0.2) is 96.7 Å². The summed E-state index contributed by atoms with van der Waals surface area (Å²) < 4.78 is 68.6. The van der Waals surface area contributed by atoms with Crippen molar-refractivity contribution >= 4 is 39.5 Å². The first-order chi connectivity index (χ1) is 54.7. The third kappa shape index (κ3) is 81.6. The number of unbranched alkanes of at least 4 members (excludes halogenated alkanes) is 17. The number of phosphoric acid groups is 2. The molecule has 19 heteroatoms. The maximum atomic E-state index is 13.1. The van der Waals surface area contributed by atoms with Crippen molar-refractivity contribution in [2.24, 2.45) is 0 Å². The Balaban J connectivity index is 5.57. The molecule has 0 amide bonds. The molecule has 0 aliphatic heterocycles. The van der Waals surface area contributed by atoms with E-state index in [-0.39, 0.29) is 25.7 Å². The number of carbonyl (C=O) groups is 4. The van der Waals surface area contributed by atoms with Gasteiger partial charge in [0.05, 0.1) is 26.4 Å². The number of esters is 4. The molecule has 2 unspecified atom stereocenters. The van der Waals surface area contributed by atoms with Crippen molar-refractivity contribution in [3.05, 3.63) is 207 Å². The van der Waals surface area contributed by atoms with Crippen LogP contribution in [0, 0.1) is 0 Å². The zero-order chi connectivity index (χ0) is 81.7. The Kier molecular flexibility index (Phi) is 77.9. The summed E-state index contributed by atoms with van der Waals surface area (Å²) in [5, 5.41) is 10.7. The van der Waals surface area contributed by atoms with Gasteiger partial charge in [-0.25, -0.2) is 9.13 Å². The van der Waals surface area contributed by atoms with E-state index in [4.69, 9.17) is 37.0 Å². The fraction of sp³-hybridized carbons (Fsp3) is 0.591. The highest BCUT2D eigenvalue weighted by Gasteiger charge is 2.30. The van der Waals surface area contributed by atoms with Crippen LogP contribution in [-0.2, 0) is 65.4 Å². The maximum absolute atomic E-state index is 13.1. The highest BCUT2D eigenvalue weighted by molar-refractivity contribution is 7.47. The van der Waals surface area contributed by atoms with E-state index in [0.717, 1.165) is 148 Å². The summed E-state index contributed by atoms with van der Waals surface area (Å²) in [6, 6.07) is 0. The van der Waals surface area contributed by atoms with Crippen LogP contribution < -0.4 is 0 Å². The van der Waals surface area contributed by atoms with Crippen molar-refractivity contribution < 1.29 is 80.2 Å². The summed E-state index contributed by atoms with van der Waals surface area (Å²) >= 11 is 0. The predicted molar refractivity (Wildman–Crippen MR) is 463 cm³/mol. The molecule has 0 radical (unpaired) electrons. The fourth-order valence-corrected chi connectivity index (χ4v) is 11.9. The summed E-state index contributed by atoms with van der Waals surface area (Å²) in [6.07, 6.45) is 104. The van der Waals surface area contributed by atoms with Gasteiger partial charge in [0, 0.05) is 25.7 Å². The Morgan fingerprint density at radius 2 is 0.482 bits per heavy atom. The smallest absolute Gasteiger partial charge is 0.462 e. The summed E-state index contributed by atoms with van der Waals surface area (Å²) in [5.74, 6) is -2.44.